The van der Waals surface area contributed by atoms with Gasteiger partial charge in [-0.15, -0.1) is 5.10 Å². The lowest BCUT2D eigenvalue weighted by Crippen LogP contribution is -2.07. The molecule has 3 aromatic rings. The number of carbonyl (C=O) groups excluding carboxylic acids is 1. The van der Waals surface area contributed by atoms with E-state index >= 15 is 0 Å². The lowest BCUT2D eigenvalue weighted by Gasteiger charge is -2.07. The van der Waals surface area contributed by atoms with E-state index in [1.54, 1.807) is 35.2 Å². The van der Waals surface area contributed by atoms with Crippen LogP contribution in [0, 0.1) is 0 Å². The molecule has 1 N–H and O–H groups in total. The van der Waals surface area contributed by atoms with Gasteiger partial charge in [-0.2, -0.15) is 5.10 Å². The van der Waals surface area contributed by atoms with Gasteiger partial charge in [-0.1, -0.05) is 11.2 Å². The zero-order chi connectivity index (χ0) is 18.8. The molecule has 1 aliphatic rings. The fourth-order valence-electron chi connectivity index (χ4n) is 2.61. The molecule has 3 heterocycles. The van der Waals surface area contributed by atoms with Crippen molar-refractivity contribution >= 4 is 18.0 Å². The minimum Gasteiger partial charge on any atom is -0.454 e. The summed E-state index contributed by atoms with van der Waals surface area (Å²) in [5.41, 5.74) is 1.50. The van der Waals surface area contributed by atoms with Crippen molar-refractivity contribution in [1.29, 1.82) is 0 Å². The molecule has 9 heteroatoms. The van der Waals surface area contributed by atoms with Crippen molar-refractivity contribution in [3.63, 3.8) is 0 Å². The Kier molecular flexibility index (Phi) is 4.33. The van der Waals surface area contributed by atoms with Crippen molar-refractivity contribution in [1.82, 2.24) is 20.0 Å². The van der Waals surface area contributed by atoms with Gasteiger partial charge in [-0.3, -0.25) is 14.8 Å². The number of nitrogens with zero attached hydrogens (tertiary/aromatic N) is 4. The smallest absolute Gasteiger partial charge is 0.322 e. The molecule has 1 aromatic carbocycles. The summed E-state index contributed by atoms with van der Waals surface area (Å²) < 4.78 is 17.8. The van der Waals surface area contributed by atoms with Crippen molar-refractivity contribution in [2.75, 3.05) is 12.1 Å². The minimum atomic E-state index is -0.389. The largest absolute Gasteiger partial charge is 0.454 e. The molecule has 0 saturated heterocycles. The van der Waals surface area contributed by atoms with Crippen LogP contribution in [0.1, 0.15) is 25.5 Å². The fraction of sp³-hybridized carbons (Fsp3) is 0.222. The van der Waals surface area contributed by atoms with Crippen LogP contribution in [-0.4, -0.2) is 32.7 Å². The molecule has 0 radical (unpaired) electrons. The number of ether oxygens (including phenoxy) is 2. The van der Waals surface area contributed by atoms with Gasteiger partial charge in [0, 0.05) is 18.3 Å². The summed E-state index contributed by atoms with van der Waals surface area (Å²) in [6.45, 7) is 4.20. The Hall–Kier alpha value is -3.62. The molecule has 0 fully saturated rings. The molecule has 0 unspecified atom stereocenters. The van der Waals surface area contributed by atoms with E-state index in [0.717, 1.165) is 5.56 Å². The fourth-order valence-corrected chi connectivity index (χ4v) is 2.61. The molecule has 0 spiro atoms. The number of carbonyl (C=O) groups is 1. The van der Waals surface area contributed by atoms with Crippen molar-refractivity contribution in [2.45, 2.75) is 19.9 Å². The number of fused-ring (bicyclic) bond motifs is 1. The second kappa shape index (κ2) is 6.94. The Labute approximate surface area is 154 Å². The number of anilines is 1. The Morgan fingerprint density at radius 1 is 1.22 bits per heavy atom. The van der Waals surface area contributed by atoms with Gasteiger partial charge in [-0.25, -0.2) is 0 Å². The van der Waals surface area contributed by atoms with Crippen LogP contribution in [0.2, 0.25) is 0 Å². The van der Waals surface area contributed by atoms with E-state index in [2.05, 4.69) is 20.6 Å². The van der Waals surface area contributed by atoms with Gasteiger partial charge in [0.1, 0.15) is 5.69 Å². The predicted molar refractivity (Wildman–Crippen MR) is 96.1 cm³/mol. The third-order valence-electron chi connectivity index (χ3n) is 3.86. The molecular formula is C18H17N5O4. The standard InChI is InChI=1S/C18H17N5O4/c1-11(2)23-13(7-8-19-23)17-21-22-18(27-17)20-16(24)6-4-12-3-5-14-15(9-12)26-10-25-14/h3-9,11H,10H2,1-2H3,(H,20,22,24). The van der Waals surface area contributed by atoms with Crippen LogP contribution in [0.3, 0.4) is 0 Å². The van der Waals surface area contributed by atoms with E-state index in [1.807, 2.05) is 19.9 Å². The molecular weight excluding hydrogens is 350 g/mol. The molecule has 1 aliphatic heterocycles. The van der Waals surface area contributed by atoms with Crippen LogP contribution in [0.25, 0.3) is 17.7 Å². The van der Waals surface area contributed by atoms with Crippen LogP contribution in [0.4, 0.5) is 6.01 Å². The van der Waals surface area contributed by atoms with E-state index in [-0.39, 0.29) is 30.6 Å². The average molecular weight is 367 g/mol. The number of hydrogen-bond donors (Lipinski definition) is 1. The number of hydrogen-bond acceptors (Lipinski definition) is 7. The van der Waals surface area contributed by atoms with E-state index in [9.17, 15) is 4.79 Å². The van der Waals surface area contributed by atoms with Crippen LogP contribution in [-0.2, 0) is 4.79 Å². The number of nitrogens with one attached hydrogen (secondary N) is 1. The lowest BCUT2D eigenvalue weighted by atomic mass is 10.2. The molecule has 4 rings (SSSR count). The molecule has 138 valence electrons. The number of aromatic nitrogens is 4. The third-order valence-corrected chi connectivity index (χ3v) is 3.86. The summed E-state index contributed by atoms with van der Waals surface area (Å²) >= 11 is 0. The highest BCUT2D eigenvalue weighted by atomic mass is 16.7. The van der Waals surface area contributed by atoms with Crippen LogP contribution in [0.5, 0.6) is 11.5 Å². The van der Waals surface area contributed by atoms with Gasteiger partial charge >= 0.3 is 6.01 Å². The first-order valence-corrected chi connectivity index (χ1v) is 8.36. The second-order valence-corrected chi connectivity index (χ2v) is 6.10. The highest BCUT2D eigenvalue weighted by Crippen LogP contribution is 2.32. The Balaban J connectivity index is 1.43. The van der Waals surface area contributed by atoms with Gasteiger partial charge in [0.15, 0.2) is 11.5 Å². The number of rotatable bonds is 5. The van der Waals surface area contributed by atoms with Crippen LogP contribution < -0.4 is 14.8 Å². The van der Waals surface area contributed by atoms with Gasteiger partial charge in [0.2, 0.25) is 6.79 Å². The molecule has 2 aromatic heterocycles. The Morgan fingerprint density at radius 2 is 2.07 bits per heavy atom. The summed E-state index contributed by atoms with van der Waals surface area (Å²) in [5.74, 6) is 1.24. The Morgan fingerprint density at radius 3 is 2.93 bits per heavy atom. The van der Waals surface area contributed by atoms with E-state index < -0.39 is 0 Å². The quantitative estimate of drug-likeness (QED) is 0.691. The predicted octanol–water partition coefficient (Wildman–Crippen LogP) is 2.89. The van der Waals surface area contributed by atoms with Crippen molar-refractivity contribution in [3.8, 4) is 23.1 Å². The van der Waals surface area contributed by atoms with Gasteiger partial charge < -0.3 is 13.9 Å². The zero-order valence-electron chi connectivity index (χ0n) is 14.7. The zero-order valence-corrected chi connectivity index (χ0v) is 14.7. The first kappa shape index (κ1) is 16.8. The van der Waals surface area contributed by atoms with Crippen molar-refractivity contribution in [3.05, 3.63) is 42.1 Å². The maximum atomic E-state index is 12.1. The third kappa shape index (κ3) is 3.52. The molecule has 1 amide bonds. The van der Waals surface area contributed by atoms with Crippen molar-refractivity contribution in [2.24, 2.45) is 0 Å². The summed E-state index contributed by atoms with van der Waals surface area (Å²) in [6.07, 6.45) is 4.69. The van der Waals surface area contributed by atoms with Gasteiger partial charge in [-0.05, 0) is 43.7 Å². The van der Waals surface area contributed by atoms with Gasteiger partial charge in [0.05, 0.1) is 0 Å². The van der Waals surface area contributed by atoms with E-state index in [0.29, 0.717) is 17.2 Å². The SMILES string of the molecule is CC(C)n1nccc1-c1nnc(NC(=O)C=Cc2ccc3c(c2)OCO3)o1. The Bertz CT molecular complexity index is 1000. The molecule has 27 heavy (non-hydrogen) atoms. The highest BCUT2D eigenvalue weighted by Gasteiger charge is 2.16. The lowest BCUT2D eigenvalue weighted by molar-refractivity contribution is -0.112. The van der Waals surface area contributed by atoms with E-state index in [4.69, 9.17) is 13.9 Å². The summed E-state index contributed by atoms with van der Waals surface area (Å²) in [7, 11) is 0. The first-order valence-electron chi connectivity index (χ1n) is 8.36. The maximum Gasteiger partial charge on any atom is 0.322 e. The highest BCUT2D eigenvalue weighted by molar-refractivity contribution is 6.00. The molecule has 0 aliphatic carbocycles. The van der Waals surface area contributed by atoms with Crippen LogP contribution >= 0.6 is 0 Å². The first-order chi connectivity index (χ1) is 13.1. The second-order valence-electron chi connectivity index (χ2n) is 6.10. The maximum absolute atomic E-state index is 12.1. The topological polar surface area (TPSA) is 104 Å². The molecule has 0 atom stereocenters. The number of amides is 1. The summed E-state index contributed by atoms with van der Waals surface area (Å²) in [6, 6.07) is 7.35. The average Bonchev–Trinajstić information content (AvgIpc) is 3.38. The summed E-state index contributed by atoms with van der Waals surface area (Å²) in [5, 5.41) is 14.6. The monoisotopic (exact) mass is 367 g/mol. The van der Waals surface area contributed by atoms with E-state index in [1.165, 1.54) is 6.08 Å². The van der Waals surface area contributed by atoms with Crippen LogP contribution in [0.15, 0.2) is 41.0 Å². The normalized spacial score (nSPS) is 12.9. The van der Waals surface area contributed by atoms with Gasteiger partial charge in [0.25, 0.3) is 11.8 Å². The molecule has 9 nitrogen and oxygen atoms in total. The minimum absolute atomic E-state index is 0.0156. The summed E-state index contributed by atoms with van der Waals surface area (Å²) in [4.78, 5) is 12.1. The van der Waals surface area contributed by atoms with Crippen molar-refractivity contribution < 1.29 is 18.7 Å². The molecule has 0 bridgehead atoms. The number of benzene rings is 1. The molecule has 0 saturated carbocycles.